The molecule has 0 radical (unpaired) electrons. The number of hydrogen-bond donors (Lipinski definition) is 2. The first-order valence-corrected chi connectivity index (χ1v) is 13.3. The molecule has 0 aromatic heterocycles. The van der Waals surface area contributed by atoms with Gasteiger partial charge in [-0.25, -0.2) is 22.0 Å². The number of ketones is 1. The van der Waals surface area contributed by atoms with Crippen LogP contribution in [0.15, 0.2) is 36.4 Å². The maximum Gasteiger partial charge on any atom is 0.317 e. The summed E-state index contributed by atoms with van der Waals surface area (Å²) in [7, 11) is -3.59. The molecule has 186 valence electrons. The van der Waals surface area contributed by atoms with E-state index in [0.717, 1.165) is 5.56 Å². The Bertz CT molecular complexity index is 1290. The molecule has 1 spiro atoms. The van der Waals surface area contributed by atoms with Crippen molar-refractivity contribution in [3.63, 3.8) is 0 Å². The van der Waals surface area contributed by atoms with Crippen molar-refractivity contribution in [3.05, 3.63) is 64.7 Å². The van der Waals surface area contributed by atoms with Gasteiger partial charge < -0.3 is 10.2 Å². The van der Waals surface area contributed by atoms with Crippen LogP contribution in [0.2, 0.25) is 0 Å². The zero-order valence-corrected chi connectivity index (χ0v) is 20.0. The van der Waals surface area contributed by atoms with Gasteiger partial charge in [-0.2, -0.15) is 0 Å². The number of piperidine rings is 1. The summed E-state index contributed by atoms with van der Waals surface area (Å²) in [6, 6.07) is 8.19. The van der Waals surface area contributed by atoms with Crippen molar-refractivity contribution < 1.29 is 26.8 Å². The molecule has 10 heteroatoms. The highest BCUT2D eigenvalue weighted by Crippen LogP contribution is 2.43. The van der Waals surface area contributed by atoms with Gasteiger partial charge in [-0.1, -0.05) is 12.1 Å². The molecule has 0 unspecified atom stereocenters. The van der Waals surface area contributed by atoms with Crippen molar-refractivity contribution in [1.82, 2.24) is 10.2 Å². The van der Waals surface area contributed by atoms with E-state index in [2.05, 4.69) is 10.0 Å². The Balaban J connectivity index is 1.17. The SMILES string of the molecule is O=C1CC2(CCN(C(=O)NCc3ccc(F)c(NS(=O)(=O)C4CC4)c3)CC2)Cc2ccc(F)cc21. The molecule has 1 aliphatic heterocycles. The number of carbonyl (C=O) groups excluding carboxylic acids is 2. The van der Waals surface area contributed by atoms with E-state index in [1.54, 1.807) is 11.0 Å². The van der Waals surface area contributed by atoms with E-state index in [1.807, 2.05) is 0 Å². The van der Waals surface area contributed by atoms with Gasteiger partial charge in [0.1, 0.15) is 11.6 Å². The third kappa shape index (κ3) is 5.03. The van der Waals surface area contributed by atoms with Crippen LogP contribution in [-0.2, 0) is 23.0 Å². The monoisotopic (exact) mass is 503 g/mol. The highest BCUT2D eigenvalue weighted by atomic mass is 32.2. The summed E-state index contributed by atoms with van der Waals surface area (Å²) in [5, 5.41) is 2.34. The zero-order chi connectivity index (χ0) is 24.8. The largest absolute Gasteiger partial charge is 0.334 e. The lowest BCUT2D eigenvalue weighted by atomic mass is 9.66. The third-order valence-corrected chi connectivity index (χ3v) is 9.13. The van der Waals surface area contributed by atoms with Crippen molar-refractivity contribution in [2.24, 2.45) is 5.41 Å². The van der Waals surface area contributed by atoms with Crippen LogP contribution in [0.25, 0.3) is 0 Å². The van der Waals surface area contributed by atoms with E-state index in [9.17, 15) is 26.8 Å². The smallest absolute Gasteiger partial charge is 0.317 e. The number of hydrogen-bond acceptors (Lipinski definition) is 4. The lowest BCUT2D eigenvalue weighted by Crippen LogP contribution is -2.49. The minimum atomic E-state index is -3.59. The van der Waals surface area contributed by atoms with Crippen LogP contribution >= 0.6 is 0 Å². The van der Waals surface area contributed by atoms with Gasteiger partial charge in [0.2, 0.25) is 10.0 Å². The van der Waals surface area contributed by atoms with E-state index in [0.29, 0.717) is 62.7 Å². The normalized spacial score (nSPS) is 19.4. The third-order valence-electron chi connectivity index (χ3n) is 7.27. The van der Waals surface area contributed by atoms with Crippen LogP contribution < -0.4 is 10.0 Å². The van der Waals surface area contributed by atoms with Gasteiger partial charge in [-0.3, -0.25) is 9.52 Å². The molecule has 0 atom stereocenters. The number of anilines is 1. The number of nitrogens with zero attached hydrogens (tertiary/aromatic N) is 1. The molecule has 2 fully saturated rings. The number of likely N-dealkylation sites (tertiary alicyclic amines) is 1. The first-order valence-electron chi connectivity index (χ1n) is 11.8. The predicted octanol–water partition coefficient (Wildman–Crippen LogP) is 3.99. The average Bonchev–Trinajstić information content (AvgIpc) is 3.67. The number of urea groups is 1. The summed E-state index contributed by atoms with van der Waals surface area (Å²) in [4.78, 5) is 27.1. The van der Waals surface area contributed by atoms with Crippen molar-refractivity contribution in [2.45, 2.75) is 50.3 Å². The molecule has 7 nitrogen and oxygen atoms in total. The van der Waals surface area contributed by atoms with Crippen LogP contribution in [0.4, 0.5) is 19.3 Å². The van der Waals surface area contributed by atoms with E-state index >= 15 is 0 Å². The minimum Gasteiger partial charge on any atom is -0.334 e. The van der Waals surface area contributed by atoms with E-state index < -0.39 is 26.9 Å². The predicted molar refractivity (Wildman–Crippen MR) is 126 cm³/mol. The number of benzene rings is 2. The standard InChI is InChI=1S/C25H27F2N3O4S/c26-18-3-2-17-13-25(14-23(31)20(17)12-18)7-9-30(10-8-25)24(32)28-15-16-1-6-21(27)22(11-16)29-35(33,34)19-4-5-19/h1-3,6,11-12,19,29H,4-5,7-10,13-15H2,(H,28,32). The van der Waals surface area contributed by atoms with Crippen LogP contribution in [0, 0.1) is 17.0 Å². The van der Waals surface area contributed by atoms with Gasteiger partial charge in [0.25, 0.3) is 0 Å². The average molecular weight is 504 g/mol. The lowest BCUT2D eigenvalue weighted by Gasteiger charge is -2.44. The Morgan fingerprint density at radius 3 is 2.51 bits per heavy atom. The molecule has 0 bridgehead atoms. The van der Waals surface area contributed by atoms with E-state index in [4.69, 9.17) is 0 Å². The summed E-state index contributed by atoms with van der Waals surface area (Å²) >= 11 is 0. The van der Waals surface area contributed by atoms with Gasteiger partial charge in [0.05, 0.1) is 10.9 Å². The first-order chi connectivity index (χ1) is 16.6. The molecule has 1 saturated carbocycles. The Hall–Kier alpha value is -3.01. The zero-order valence-electron chi connectivity index (χ0n) is 19.1. The Kier molecular flexibility index (Phi) is 6.03. The van der Waals surface area contributed by atoms with E-state index in [1.165, 1.54) is 30.3 Å². The van der Waals surface area contributed by atoms with Crippen LogP contribution in [-0.4, -0.2) is 43.5 Å². The summed E-state index contributed by atoms with van der Waals surface area (Å²) in [6.45, 7) is 1.10. The molecule has 1 saturated heterocycles. The van der Waals surface area contributed by atoms with Gasteiger partial charge in [0.15, 0.2) is 5.78 Å². The molecule has 2 N–H and O–H groups in total. The number of amides is 2. The summed E-state index contributed by atoms with van der Waals surface area (Å²) < 4.78 is 54.2. The number of sulfonamides is 1. The maximum atomic E-state index is 14.1. The number of Topliss-reactive ketones (excluding diaryl/α,β-unsaturated/α-hetero) is 1. The molecular formula is C25H27F2N3O4S. The van der Waals surface area contributed by atoms with Crippen molar-refractivity contribution in [1.29, 1.82) is 0 Å². The van der Waals surface area contributed by atoms with Crippen LogP contribution in [0.3, 0.4) is 0 Å². The minimum absolute atomic E-state index is 0.0481. The molecular weight excluding hydrogens is 476 g/mol. The second kappa shape index (κ2) is 8.89. The maximum absolute atomic E-state index is 14.1. The van der Waals surface area contributed by atoms with Crippen LogP contribution in [0.5, 0.6) is 0 Å². The van der Waals surface area contributed by atoms with Crippen molar-refractivity contribution >= 4 is 27.5 Å². The molecule has 5 rings (SSSR count). The summed E-state index contributed by atoms with van der Waals surface area (Å²) in [5.41, 5.74) is 1.57. The molecule has 3 aliphatic rings. The highest BCUT2D eigenvalue weighted by Gasteiger charge is 2.41. The van der Waals surface area contributed by atoms with Gasteiger partial charge in [-0.15, -0.1) is 0 Å². The Morgan fingerprint density at radius 2 is 1.80 bits per heavy atom. The molecule has 2 aromatic rings. The molecule has 35 heavy (non-hydrogen) atoms. The highest BCUT2D eigenvalue weighted by molar-refractivity contribution is 7.93. The molecule has 2 amide bonds. The van der Waals surface area contributed by atoms with Gasteiger partial charge in [0, 0.05) is 31.6 Å². The second-order valence-electron chi connectivity index (χ2n) is 9.88. The fourth-order valence-corrected chi connectivity index (χ4v) is 6.45. The van der Waals surface area contributed by atoms with Crippen molar-refractivity contribution in [3.8, 4) is 0 Å². The summed E-state index contributed by atoms with van der Waals surface area (Å²) in [6.07, 6.45) is 3.54. The van der Waals surface area contributed by atoms with Gasteiger partial charge in [-0.05, 0) is 72.9 Å². The summed E-state index contributed by atoms with van der Waals surface area (Å²) in [5.74, 6) is -1.13. The number of halogens is 2. The Labute approximate surface area is 202 Å². The number of carbonyl (C=O) groups is 2. The van der Waals surface area contributed by atoms with Gasteiger partial charge >= 0.3 is 6.03 Å². The fourth-order valence-electron chi connectivity index (χ4n) is 5.07. The van der Waals surface area contributed by atoms with Crippen LogP contribution in [0.1, 0.15) is 53.6 Å². The fraction of sp³-hybridized carbons (Fsp3) is 0.440. The molecule has 1 heterocycles. The molecule has 2 aromatic carbocycles. The number of rotatable bonds is 5. The second-order valence-corrected chi connectivity index (χ2v) is 11.8. The molecule has 2 aliphatic carbocycles. The first kappa shape index (κ1) is 23.7. The number of nitrogens with one attached hydrogen (secondary N) is 2. The van der Waals surface area contributed by atoms with E-state index in [-0.39, 0.29) is 29.5 Å². The van der Waals surface area contributed by atoms with Crippen molar-refractivity contribution in [2.75, 3.05) is 17.8 Å². The topological polar surface area (TPSA) is 95.6 Å². The quantitative estimate of drug-likeness (QED) is 0.645. The Morgan fingerprint density at radius 1 is 1.06 bits per heavy atom. The number of fused-ring (bicyclic) bond motifs is 1. The lowest BCUT2D eigenvalue weighted by molar-refractivity contribution is 0.0735.